The molecule has 0 saturated heterocycles. The van der Waals surface area contributed by atoms with E-state index in [1.165, 1.54) is 24.9 Å². The van der Waals surface area contributed by atoms with Crippen LogP contribution < -0.4 is 0 Å². The van der Waals surface area contributed by atoms with E-state index in [0.717, 1.165) is 12.3 Å². The van der Waals surface area contributed by atoms with Gasteiger partial charge in [0.1, 0.15) is 0 Å². The van der Waals surface area contributed by atoms with E-state index >= 15 is 0 Å². The van der Waals surface area contributed by atoms with Crippen LogP contribution in [0.4, 0.5) is 13.2 Å². The van der Waals surface area contributed by atoms with Crippen molar-refractivity contribution in [3.05, 3.63) is 23.9 Å². The molecule has 0 atom stereocenters. The fourth-order valence-electron chi connectivity index (χ4n) is 0.974. The average molecular weight is 265 g/mol. The minimum Gasteiger partial charge on any atom is -0.469 e. The Balaban J connectivity index is 2.49. The minimum absolute atomic E-state index is 0.198. The number of nitrogens with zero attached hydrogens (tertiary/aromatic N) is 1. The van der Waals surface area contributed by atoms with Gasteiger partial charge in [-0.25, -0.2) is 4.98 Å². The molecule has 0 bridgehead atoms. The molecule has 1 aromatic rings. The van der Waals surface area contributed by atoms with Crippen LogP contribution >= 0.6 is 11.8 Å². The van der Waals surface area contributed by atoms with Gasteiger partial charge in [0, 0.05) is 11.9 Å². The standard InChI is InChI=1S/C10H10F3NO2S/c1-16-9(15)4-5-17-8-3-2-7(6-14-8)10(11,12)13/h2-3,6H,4-5H2,1H3. The first-order valence-corrected chi connectivity index (χ1v) is 5.65. The van der Waals surface area contributed by atoms with Gasteiger partial charge in [0.15, 0.2) is 0 Å². The molecule has 0 aliphatic heterocycles. The highest BCUT2D eigenvalue weighted by Crippen LogP contribution is 2.29. The molecule has 3 nitrogen and oxygen atoms in total. The molecule has 17 heavy (non-hydrogen) atoms. The van der Waals surface area contributed by atoms with E-state index < -0.39 is 11.7 Å². The summed E-state index contributed by atoms with van der Waals surface area (Å²) in [5.74, 6) is 0.0646. The second kappa shape index (κ2) is 5.90. The lowest BCUT2D eigenvalue weighted by atomic mass is 10.3. The maximum atomic E-state index is 12.2. The molecular weight excluding hydrogens is 255 g/mol. The Kier molecular flexibility index (Phi) is 4.80. The van der Waals surface area contributed by atoms with E-state index in [1.54, 1.807) is 0 Å². The molecule has 1 aromatic heterocycles. The smallest absolute Gasteiger partial charge is 0.417 e. The number of ether oxygens (including phenoxy) is 1. The number of carbonyl (C=O) groups excluding carboxylic acids is 1. The lowest BCUT2D eigenvalue weighted by molar-refractivity contribution is -0.140. The van der Waals surface area contributed by atoms with Crippen molar-refractivity contribution in [1.29, 1.82) is 0 Å². The summed E-state index contributed by atoms with van der Waals surface area (Å²) in [6.45, 7) is 0. The number of hydrogen-bond donors (Lipinski definition) is 0. The molecule has 0 saturated carbocycles. The number of esters is 1. The SMILES string of the molecule is COC(=O)CCSc1ccc(C(F)(F)F)cn1. The maximum Gasteiger partial charge on any atom is 0.417 e. The molecule has 0 radical (unpaired) electrons. The predicted octanol–water partition coefficient (Wildman–Crippen LogP) is 2.76. The molecule has 1 heterocycles. The van der Waals surface area contributed by atoms with Gasteiger partial charge >= 0.3 is 12.1 Å². The molecule has 1 rings (SSSR count). The number of hydrogen-bond acceptors (Lipinski definition) is 4. The molecule has 0 fully saturated rings. The van der Waals surface area contributed by atoms with Crippen LogP contribution in [0.1, 0.15) is 12.0 Å². The molecule has 0 aromatic carbocycles. The maximum absolute atomic E-state index is 12.2. The molecular formula is C10H10F3NO2S. The lowest BCUT2D eigenvalue weighted by Crippen LogP contribution is -2.05. The Morgan fingerprint density at radius 1 is 1.47 bits per heavy atom. The largest absolute Gasteiger partial charge is 0.469 e. The van der Waals surface area contributed by atoms with Gasteiger partial charge in [0.2, 0.25) is 0 Å². The summed E-state index contributed by atoms with van der Waals surface area (Å²) in [5, 5.41) is 0.446. The molecule has 0 unspecified atom stereocenters. The first-order chi connectivity index (χ1) is 7.93. The highest BCUT2D eigenvalue weighted by molar-refractivity contribution is 7.99. The number of pyridine rings is 1. The number of rotatable bonds is 4. The monoisotopic (exact) mass is 265 g/mol. The molecule has 0 aliphatic rings. The summed E-state index contributed by atoms with van der Waals surface area (Å²) < 4.78 is 41.1. The quantitative estimate of drug-likeness (QED) is 0.620. The van der Waals surface area contributed by atoms with Crippen molar-refractivity contribution in [3.63, 3.8) is 0 Å². The topological polar surface area (TPSA) is 39.2 Å². The van der Waals surface area contributed by atoms with Crippen LogP contribution in [-0.4, -0.2) is 23.8 Å². The van der Waals surface area contributed by atoms with E-state index in [2.05, 4.69) is 9.72 Å². The number of thioether (sulfide) groups is 1. The zero-order valence-electron chi connectivity index (χ0n) is 8.95. The Morgan fingerprint density at radius 2 is 2.18 bits per heavy atom. The summed E-state index contributed by atoms with van der Waals surface area (Å²) in [5.41, 5.74) is -0.783. The van der Waals surface area contributed by atoms with Crippen molar-refractivity contribution in [1.82, 2.24) is 4.98 Å². The van der Waals surface area contributed by atoms with Gasteiger partial charge < -0.3 is 4.74 Å². The molecule has 0 amide bonds. The van der Waals surface area contributed by atoms with Gasteiger partial charge in [-0.3, -0.25) is 4.79 Å². The third kappa shape index (κ3) is 4.64. The summed E-state index contributed by atoms with van der Waals surface area (Å²) in [7, 11) is 1.28. The van der Waals surface area contributed by atoms with E-state index in [1.807, 2.05) is 0 Å². The van der Waals surface area contributed by atoms with Gasteiger partial charge in [-0.2, -0.15) is 13.2 Å². The molecule has 0 spiro atoms. The van der Waals surface area contributed by atoms with Gasteiger partial charge in [-0.1, -0.05) is 0 Å². The van der Waals surface area contributed by atoms with Gasteiger partial charge in [0.05, 0.1) is 24.1 Å². The third-order valence-electron chi connectivity index (χ3n) is 1.85. The number of aromatic nitrogens is 1. The van der Waals surface area contributed by atoms with Crippen molar-refractivity contribution >= 4 is 17.7 Å². The number of alkyl halides is 3. The molecule has 0 N–H and O–H groups in total. The van der Waals surface area contributed by atoms with Crippen molar-refractivity contribution in [2.24, 2.45) is 0 Å². The van der Waals surface area contributed by atoms with Crippen molar-refractivity contribution in [3.8, 4) is 0 Å². The lowest BCUT2D eigenvalue weighted by Gasteiger charge is -2.06. The highest BCUT2D eigenvalue weighted by atomic mass is 32.2. The first-order valence-electron chi connectivity index (χ1n) is 4.66. The van der Waals surface area contributed by atoms with Gasteiger partial charge in [0.25, 0.3) is 0 Å². The fourth-order valence-corrected chi connectivity index (χ4v) is 1.74. The summed E-state index contributed by atoms with van der Waals surface area (Å²) >= 11 is 1.20. The molecule has 94 valence electrons. The average Bonchev–Trinajstić information content (AvgIpc) is 2.28. The van der Waals surface area contributed by atoms with Gasteiger partial charge in [-0.15, -0.1) is 11.8 Å². The minimum atomic E-state index is -4.37. The van der Waals surface area contributed by atoms with Crippen LogP contribution in [0.25, 0.3) is 0 Å². The Labute approximate surface area is 100 Å². The second-order valence-electron chi connectivity index (χ2n) is 3.06. The Hall–Kier alpha value is -1.24. The van der Waals surface area contributed by atoms with E-state index in [4.69, 9.17) is 0 Å². The normalized spacial score (nSPS) is 11.3. The summed E-state index contributed by atoms with van der Waals surface area (Å²) in [4.78, 5) is 14.4. The van der Waals surface area contributed by atoms with Crippen LogP contribution in [0.15, 0.2) is 23.4 Å². The van der Waals surface area contributed by atoms with E-state index in [0.29, 0.717) is 10.8 Å². The number of methoxy groups -OCH3 is 1. The highest BCUT2D eigenvalue weighted by Gasteiger charge is 2.30. The number of carbonyl (C=O) groups is 1. The third-order valence-corrected chi connectivity index (χ3v) is 2.79. The Bertz CT molecular complexity index is 378. The molecule has 7 heteroatoms. The predicted molar refractivity (Wildman–Crippen MR) is 56.6 cm³/mol. The van der Waals surface area contributed by atoms with Gasteiger partial charge in [-0.05, 0) is 12.1 Å². The number of halogens is 3. The van der Waals surface area contributed by atoms with Crippen LogP contribution in [0.3, 0.4) is 0 Å². The van der Waals surface area contributed by atoms with Crippen molar-refractivity contribution < 1.29 is 22.7 Å². The Morgan fingerprint density at radius 3 is 2.65 bits per heavy atom. The van der Waals surface area contributed by atoms with Crippen molar-refractivity contribution in [2.75, 3.05) is 12.9 Å². The van der Waals surface area contributed by atoms with E-state index in [-0.39, 0.29) is 12.4 Å². The first kappa shape index (κ1) is 13.8. The second-order valence-corrected chi connectivity index (χ2v) is 4.17. The van der Waals surface area contributed by atoms with Crippen LogP contribution in [0.5, 0.6) is 0 Å². The van der Waals surface area contributed by atoms with Crippen LogP contribution in [-0.2, 0) is 15.7 Å². The fraction of sp³-hybridized carbons (Fsp3) is 0.400. The molecule has 0 aliphatic carbocycles. The zero-order chi connectivity index (χ0) is 12.9. The summed E-state index contributed by atoms with van der Waals surface area (Å²) in [6, 6.07) is 2.25. The van der Waals surface area contributed by atoms with E-state index in [9.17, 15) is 18.0 Å². The zero-order valence-corrected chi connectivity index (χ0v) is 9.77. The van der Waals surface area contributed by atoms with Crippen LogP contribution in [0.2, 0.25) is 0 Å². The van der Waals surface area contributed by atoms with Crippen molar-refractivity contribution in [2.45, 2.75) is 17.6 Å². The summed E-state index contributed by atoms with van der Waals surface area (Å²) in [6.07, 6.45) is -3.40. The van der Waals surface area contributed by atoms with Crippen LogP contribution in [0, 0.1) is 0 Å².